The van der Waals surface area contributed by atoms with Crippen LogP contribution in [-0.2, 0) is 24.1 Å². The fraction of sp³-hybridized carbons (Fsp3) is 0.387. The van der Waals surface area contributed by atoms with Crippen molar-refractivity contribution in [3.63, 3.8) is 0 Å². The van der Waals surface area contributed by atoms with Crippen molar-refractivity contribution in [2.75, 3.05) is 37.6 Å². The van der Waals surface area contributed by atoms with Gasteiger partial charge in [-0.3, -0.25) is 9.69 Å². The van der Waals surface area contributed by atoms with E-state index in [1.807, 2.05) is 36.4 Å². The van der Waals surface area contributed by atoms with E-state index in [1.165, 1.54) is 16.8 Å². The van der Waals surface area contributed by atoms with Gasteiger partial charge in [0, 0.05) is 31.9 Å². The van der Waals surface area contributed by atoms with Crippen molar-refractivity contribution in [1.82, 2.24) is 15.2 Å². The van der Waals surface area contributed by atoms with Crippen LogP contribution < -0.4 is 10.2 Å². The molecule has 3 aromatic rings. The highest BCUT2D eigenvalue weighted by Gasteiger charge is 2.28. The van der Waals surface area contributed by atoms with Gasteiger partial charge < -0.3 is 10.2 Å². The normalized spacial score (nSPS) is 15.4. The Kier molecular flexibility index (Phi) is 7.82. The molecular weight excluding hydrogens is 458 g/mol. The topological polar surface area (TPSA) is 72.3 Å². The van der Waals surface area contributed by atoms with Gasteiger partial charge in [-0.1, -0.05) is 74.0 Å². The molecule has 1 fully saturated rings. The summed E-state index contributed by atoms with van der Waals surface area (Å²) in [7, 11) is 0. The van der Waals surface area contributed by atoms with Crippen molar-refractivity contribution in [3.05, 3.63) is 94.2 Å². The Labute approximate surface area is 219 Å². The quantitative estimate of drug-likeness (QED) is 0.503. The highest BCUT2D eigenvalue weighted by molar-refractivity contribution is 5.79. The lowest BCUT2D eigenvalue weighted by Gasteiger charge is -2.36. The molecule has 2 aliphatic rings. The van der Waals surface area contributed by atoms with Gasteiger partial charge in [0.15, 0.2) is 0 Å². The number of hydrogen-bond acceptors (Lipinski definition) is 5. The Bertz CT molecular complexity index is 1220. The zero-order valence-electron chi connectivity index (χ0n) is 21.6. The lowest BCUT2D eigenvalue weighted by molar-refractivity contribution is -0.122. The Morgan fingerprint density at radius 2 is 1.59 bits per heavy atom. The zero-order valence-corrected chi connectivity index (χ0v) is 21.6. The number of carbonyl (C=O) groups is 1. The van der Waals surface area contributed by atoms with Crippen molar-refractivity contribution in [2.45, 2.75) is 45.1 Å². The molecule has 1 N–H and O–H groups in total. The number of aromatic nitrogens is 1. The van der Waals surface area contributed by atoms with Gasteiger partial charge >= 0.3 is 0 Å². The zero-order chi connectivity index (χ0) is 25.6. The maximum Gasteiger partial charge on any atom is 0.234 e. The molecule has 190 valence electrons. The molecule has 0 atom stereocenters. The van der Waals surface area contributed by atoms with E-state index in [-0.39, 0.29) is 11.9 Å². The molecule has 0 unspecified atom stereocenters. The lowest BCUT2D eigenvalue weighted by atomic mass is 9.98. The van der Waals surface area contributed by atoms with Crippen LogP contribution in [0.3, 0.4) is 0 Å². The maximum atomic E-state index is 13.1. The molecule has 0 spiro atoms. The van der Waals surface area contributed by atoms with Crippen LogP contribution >= 0.6 is 0 Å². The Balaban J connectivity index is 1.25. The molecule has 0 radical (unpaired) electrons. The standard InChI is InChI=1S/C31H35N5O/c1-2-10-28-26-16-9-15-25(26)27(21-32)31(33-28)36-19-17-35(18-20-36)22-29(37)34-30(23-11-5-3-6-12-23)24-13-7-4-8-14-24/h3-8,11-14,30H,2,9-10,15-20,22H2,1H3,(H,34,37). The molecule has 1 aromatic heterocycles. The summed E-state index contributed by atoms with van der Waals surface area (Å²) < 4.78 is 0. The fourth-order valence-electron chi connectivity index (χ4n) is 5.69. The van der Waals surface area contributed by atoms with E-state index in [9.17, 15) is 10.1 Å². The molecule has 2 heterocycles. The summed E-state index contributed by atoms with van der Waals surface area (Å²) in [4.78, 5) is 22.6. The van der Waals surface area contributed by atoms with Gasteiger partial charge in [-0.05, 0) is 47.9 Å². The molecule has 1 amide bonds. The minimum Gasteiger partial charge on any atom is -0.353 e. The van der Waals surface area contributed by atoms with Crippen LogP contribution in [0.2, 0.25) is 0 Å². The minimum absolute atomic E-state index is 0.0183. The third-order valence-corrected chi connectivity index (χ3v) is 7.54. The van der Waals surface area contributed by atoms with E-state index in [0.29, 0.717) is 6.54 Å². The molecule has 1 aliphatic heterocycles. The third-order valence-electron chi connectivity index (χ3n) is 7.54. The van der Waals surface area contributed by atoms with E-state index in [1.54, 1.807) is 0 Å². The van der Waals surface area contributed by atoms with Gasteiger partial charge in [-0.25, -0.2) is 4.98 Å². The largest absolute Gasteiger partial charge is 0.353 e. The van der Waals surface area contributed by atoms with Crippen molar-refractivity contribution in [3.8, 4) is 6.07 Å². The van der Waals surface area contributed by atoms with E-state index in [4.69, 9.17) is 4.98 Å². The molecule has 6 heteroatoms. The first-order valence-corrected chi connectivity index (χ1v) is 13.5. The van der Waals surface area contributed by atoms with Crippen LogP contribution in [0.1, 0.15) is 59.3 Å². The predicted molar refractivity (Wildman–Crippen MR) is 146 cm³/mol. The summed E-state index contributed by atoms with van der Waals surface area (Å²) in [5, 5.41) is 13.3. The highest BCUT2D eigenvalue weighted by Crippen LogP contribution is 2.34. The van der Waals surface area contributed by atoms with Gasteiger partial charge in [0.05, 0.1) is 18.2 Å². The first-order valence-electron chi connectivity index (χ1n) is 13.5. The molecule has 0 bridgehead atoms. The smallest absolute Gasteiger partial charge is 0.234 e. The number of piperazine rings is 1. The number of fused-ring (bicyclic) bond motifs is 1. The second-order valence-electron chi connectivity index (χ2n) is 10.0. The number of amides is 1. The third kappa shape index (κ3) is 5.52. The Hall–Kier alpha value is -3.69. The molecule has 6 nitrogen and oxygen atoms in total. The van der Waals surface area contributed by atoms with Crippen LogP contribution in [0.25, 0.3) is 0 Å². The number of anilines is 1. The first-order chi connectivity index (χ1) is 18.2. The minimum atomic E-state index is -0.179. The maximum absolute atomic E-state index is 13.1. The van der Waals surface area contributed by atoms with Crippen molar-refractivity contribution < 1.29 is 4.79 Å². The number of pyridine rings is 1. The van der Waals surface area contributed by atoms with Crippen LogP contribution in [-0.4, -0.2) is 48.5 Å². The average Bonchev–Trinajstić information content (AvgIpc) is 3.43. The summed E-state index contributed by atoms with van der Waals surface area (Å²) in [6.07, 6.45) is 5.16. The van der Waals surface area contributed by atoms with Gasteiger partial charge in [0.2, 0.25) is 5.91 Å². The molecule has 37 heavy (non-hydrogen) atoms. The first kappa shape index (κ1) is 25.0. The van der Waals surface area contributed by atoms with Crippen LogP contribution in [0, 0.1) is 11.3 Å². The van der Waals surface area contributed by atoms with Crippen molar-refractivity contribution in [2.24, 2.45) is 0 Å². The second kappa shape index (κ2) is 11.6. The van der Waals surface area contributed by atoms with Crippen molar-refractivity contribution in [1.29, 1.82) is 5.26 Å². The summed E-state index contributed by atoms with van der Waals surface area (Å²) in [5.41, 5.74) is 6.64. The fourth-order valence-corrected chi connectivity index (χ4v) is 5.69. The van der Waals surface area contributed by atoms with Crippen LogP contribution in [0.5, 0.6) is 0 Å². The number of aryl methyl sites for hydroxylation is 1. The molecule has 1 saturated heterocycles. The Morgan fingerprint density at radius 1 is 0.973 bits per heavy atom. The molecular formula is C31H35N5O. The van der Waals surface area contributed by atoms with Crippen LogP contribution in [0.15, 0.2) is 60.7 Å². The number of benzene rings is 2. The SMILES string of the molecule is CCCc1nc(N2CCN(CC(=O)NC(c3ccccc3)c3ccccc3)CC2)c(C#N)c2c1CCC2. The molecule has 1 aliphatic carbocycles. The van der Waals surface area contributed by atoms with E-state index in [2.05, 4.69) is 52.4 Å². The number of carbonyl (C=O) groups excluding carboxylic acids is 1. The molecule has 5 rings (SSSR count). The summed E-state index contributed by atoms with van der Waals surface area (Å²) in [6.45, 7) is 5.60. The molecule has 2 aromatic carbocycles. The number of nitrogens with zero attached hydrogens (tertiary/aromatic N) is 4. The average molecular weight is 494 g/mol. The van der Waals surface area contributed by atoms with Gasteiger partial charge in [-0.15, -0.1) is 0 Å². The van der Waals surface area contributed by atoms with E-state index in [0.717, 1.165) is 80.8 Å². The van der Waals surface area contributed by atoms with Gasteiger partial charge in [0.1, 0.15) is 11.9 Å². The predicted octanol–water partition coefficient (Wildman–Crippen LogP) is 4.42. The van der Waals surface area contributed by atoms with Crippen LogP contribution in [0.4, 0.5) is 5.82 Å². The number of rotatable bonds is 8. The number of nitriles is 1. The van der Waals surface area contributed by atoms with Gasteiger partial charge in [-0.2, -0.15) is 5.26 Å². The summed E-state index contributed by atoms with van der Waals surface area (Å²) in [5.74, 6) is 0.869. The van der Waals surface area contributed by atoms with E-state index >= 15 is 0 Å². The summed E-state index contributed by atoms with van der Waals surface area (Å²) >= 11 is 0. The molecule has 0 saturated carbocycles. The lowest BCUT2D eigenvalue weighted by Crippen LogP contribution is -2.50. The second-order valence-corrected chi connectivity index (χ2v) is 10.0. The van der Waals surface area contributed by atoms with Gasteiger partial charge in [0.25, 0.3) is 0 Å². The Morgan fingerprint density at radius 3 is 2.19 bits per heavy atom. The number of nitrogens with one attached hydrogen (secondary N) is 1. The summed E-state index contributed by atoms with van der Waals surface area (Å²) in [6, 6.07) is 22.5. The highest BCUT2D eigenvalue weighted by atomic mass is 16.2. The van der Waals surface area contributed by atoms with Crippen molar-refractivity contribution >= 4 is 11.7 Å². The monoisotopic (exact) mass is 493 g/mol. The number of hydrogen-bond donors (Lipinski definition) is 1. The van der Waals surface area contributed by atoms with E-state index < -0.39 is 0 Å².